The van der Waals surface area contributed by atoms with E-state index in [1.54, 1.807) is 6.07 Å². The summed E-state index contributed by atoms with van der Waals surface area (Å²) in [5, 5.41) is 0. The Bertz CT molecular complexity index is 602. The molecule has 0 radical (unpaired) electrons. The van der Waals surface area contributed by atoms with Crippen LogP contribution in [0.25, 0.3) is 11.0 Å². The van der Waals surface area contributed by atoms with Crippen molar-refractivity contribution in [3.63, 3.8) is 0 Å². The summed E-state index contributed by atoms with van der Waals surface area (Å²) in [6.45, 7) is 4.13. The third-order valence-corrected chi connectivity index (χ3v) is 3.86. The molecule has 102 valence electrons. The van der Waals surface area contributed by atoms with Gasteiger partial charge in [0.15, 0.2) is 0 Å². The molecule has 0 spiro atoms. The van der Waals surface area contributed by atoms with Gasteiger partial charge in [-0.05, 0) is 31.9 Å². The highest BCUT2D eigenvalue weighted by Gasteiger charge is 2.35. The van der Waals surface area contributed by atoms with Crippen molar-refractivity contribution >= 4 is 11.0 Å². The van der Waals surface area contributed by atoms with Crippen LogP contribution in [0.1, 0.15) is 25.6 Å². The smallest absolute Gasteiger partial charge is 0.130 e. The van der Waals surface area contributed by atoms with Crippen molar-refractivity contribution in [3.8, 4) is 0 Å². The van der Waals surface area contributed by atoms with E-state index in [1.165, 1.54) is 12.1 Å². The zero-order chi connectivity index (χ0) is 13.5. The molecule has 0 bridgehead atoms. The summed E-state index contributed by atoms with van der Waals surface area (Å²) in [4.78, 5) is 4.58. The van der Waals surface area contributed by atoms with Crippen LogP contribution in [0.2, 0.25) is 0 Å². The summed E-state index contributed by atoms with van der Waals surface area (Å²) < 4.78 is 20.8. The van der Waals surface area contributed by atoms with E-state index in [0.717, 1.165) is 30.7 Å². The number of aromatic nitrogens is 2. The van der Waals surface area contributed by atoms with Gasteiger partial charge in [0, 0.05) is 25.8 Å². The molecular weight excluding hydrogens is 245 g/mol. The Morgan fingerprint density at radius 3 is 2.84 bits per heavy atom. The first-order chi connectivity index (χ1) is 9.14. The SMILES string of the molecule is CCn1c(C2(N)CCOCC2)nc2cc(F)ccc21. The Kier molecular flexibility index (Phi) is 3.03. The number of nitrogens with zero attached hydrogens (tertiary/aromatic N) is 2. The van der Waals surface area contributed by atoms with E-state index < -0.39 is 5.54 Å². The minimum absolute atomic E-state index is 0.266. The number of hydrogen-bond donors (Lipinski definition) is 1. The molecule has 1 aliphatic rings. The van der Waals surface area contributed by atoms with Crippen LogP contribution in [0.5, 0.6) is 0 Å². The lowest BCUT2D eigenvalue weighted by molar-refractivity contribution is 0.0481. The Morgan fingerprint density at radius 1 is 1.42 bits per heavy atom. The predicted molar refractivity (Wildman–Crippen MR) is 71.3 cm³/mol. The highest BCUT2D eigenvalue weighted by Crippen LogP contribution is 2.31. The average molecular weight is 263 g/mol. The number of rotatable bonds is 2. The van der Waals surface area contributed by atoms with E-state index in [4.69, 9.17) is 10.5 Å². The van der Waals surface area contributed by atoms with Gasteiger partial charge in [-0.3, -0.25) is 0 Å². The van der Waals surface area contributed by atoms with Crippen LogP contribution < -0.4 is 5.73 Å². The van der Waals surface area contributed by atoms with E-state index in [2.05, 4.69) is 16.5 Å². The van der Waals surface area contributed by atoms with Gasteiger partial charge in [-0.15, -0.1) is 0 Å². The first-order valence-electron chi connectivity index (χ1n) is 6.67. The van der Waals surface area contributed by atoms with Gasteiger partial charge in [-0.25, -0.2) is 9.37 Å². The molecule has 0 unspecified atom stereocenters. The number of aryl methyl sites for hydroxylation is 1. The van der Waals surface area contributed by atoms with E-state index in [0.29, 0.717) is 18.7 Å². The first-order valence-corrected chi connectivity index (χ1v) is 6.67. The van der Waals surface area contributed by atoms with Crippen molar-refractivity contribution in [1.82, 2.24) is 9.55 Å². The quantitative estimate of drug-likeness (QED) is 0.903. The van der Waals surface area contributed by atoms with Crippen LogP contribution in [-0.2, 0) is 16.8 Å². The van der Waals surface area contributed by atoms with Crippen LogP contribution in [-0.4, -0.2) is 22.8 Å². The van der Waals surface area contributed by atoms with Gasteiger partial charge < -0.3 is 15.0 Å². The number of fused-ring (bicyclic) bond motifs is 1. The lowest BCUT2D eigenvalue weighted by Gasteiger charge is -2.33. The number of imidazole rings is 1. The zero-order valence-corrected chi connectivity index (χ0v) is 11.0. The Hall–Kier alpha value is -1.46. The number of benzene rings is 1. The minimum atomic E-state index is -0.468. The van der Waals surface area contributed by atoms with E-state index in [1.807, 2.05) is 0 Å². The number of hydrogen-bond acceptors (Lipinski definition) is 3. The third-order valence-electron chi connectivity index (χ3n) is 3.86. The molecule has 0 aliphatic carbocycles. The highest BCUT2D eigenvalue weighted by atomic mass is 19.1. The van der Waals surface area contributed by atoms with E-state index in [9.17, 15) is 4.39 Å². The Labute approximate surface area is 111 Å². The molecule has 0 saturated carbocycles. The maximum Gasteiger partial charge on any atom is 0.130 e. The van der Waals surface area contributed by atoms with Crippen molar-refractivity contribution in [2.24, 2.45) is 5.73 Å². The standard InChI is InChI=1S/C14H18FN3O/c1-2-18-12-4-3-10(15)9-11(12)17-13(18)14(16)5-7-19-8-6-14/h3-4,9H,2,5-8,16H2,1H3. The molecule has 1 aromatic heterocycles. The molecule has 4 nitrogen and oxygen atoms in total. The molecule has 19 heavy (non-hydrogen) atoms. The van der Waals surface area contributed by atoms with Crippen molar-refractivity contribution in [2.45, 2.75) is 31.8 Å². The molecule has 5 heteroatoms. The van der Waals surface area contributed by atoms with Crippen molar-refractivity contribution < 1.29 is 9.13 Å². The molecule has 3 rings (SSSR count). The van der Waals surface area contributed by atoms with Crippen LogP contribution in [0.4, 0.5) is 4.39 Å². The zero-order valence-electron chi connectivity index (χ0n) is 11.0. The van der Waals surface area contributed by atoms with Gasteiger partial charge in [0.25, 0.3) is 0 Å². The number of ether oxygens (including phenoxy) is 1. The molecule has 0 amide bonds. The van der Waals surface area contributed by atoms with Crippen LogP contribution in [0, 0.1) is 5.82 Å². The summed E-state index contributed by atoms with van der Waals surface area (Å²) in [5.74, 6) is 0.580. The topological polar surface area (TPSA) is 53.1 Å². The molecule has 2 N–H and O–H groups in total. The van der Waals surface area contributed by atoms with Gasteiger partial charge in [0.05, 0.1) is 16.6 Å². The van der Waals surface area contributed by atoms with Gasteiger partial charge in [-0.2, -0.15) is 0 Å². The second-order valence-electron chi connectivity index (χ2n) is 5.08. The van der Waals surface area contributed by atoms with Crippen LogP contribution in [0.3, 0.4) is 0 Å². The van der Waals surface area contributed by atoms with E-state index in [-0.39, 0.29) is 5.82 Å². The Balaban J connectivity index is 2.17. The molecule has 0 atom stereocenters. The van der Waals surface area contributed by atoms with Gasteiger partial charge >= 0.3 is 0 Å². The largest absolute Gasteiger partial charge is 0.381 e. The van der Waals surface area contributed by atoms with Crippen molar-refractivity contribution in [2.75, 3.05) is 13.2 Å². The van der Waals surface area contributed by atoms with E-state index >= 15 is 0 Å². The predicted octanol–water partition coefficient (Wildman–Crippen LogP) is 2.16. The summed E-state index contributed by atoms with van der Waals surface area (Å²) in [6.07, 6.45) is 1.50. The summed E-state index contributed by atoms with van der Waals surface area (Å²) in [7, 11) is 0. The van der Waals surface area contributed by atoms with Crippen LogP contribution in [0.15, 0.2) is 18.2 Å². The number of nitrogens with two attached hydrogens (primary N) is 1. The molecule has 1 aliphatic heterocycles. The molecule has 1 saturated heterocycles. The number of halogens is 1. The first kappa shape index (κ1) is 12.6. The maximum atomic E-state index is 13.3. The highest BCUT2D eigenvalue weighted by molar-refractivity contribution is 5.76. The van der Waals surface area contributed by atoms with Crippen LogP contribution >= 0.6 is 0 Å². The molecular formula is C14H18FN3O. The molecule has 1 aromatic carbocycles. The average Bonchev–Trinajstić information content (AvgIpc) is 2.78. The Morgan fingerprint density at radius 2 is 2.16 bits per heavy atom. The summed E-state index contributed by atoms with van der Waals surface area (Å²) >= 11 is 0. The fourth-order valence-corrected chi connectivity index (χ4v) is 2.76. The second-order valence-corrected chi connectivity index (χ2v) is 5.08. The lowest BCUT2D eigenvalue weighted by atomic mass is 9.90. The van der Waals surface area contributed by atoms with Crippen molar-refractivity contribution in [1.29, 1.82) is 0 Å². The van der Waals surface area contributed by atoms with Crippen molar-refractivity contribution in [3.05, 3.63) is 29.8 Å². The fourth-order valence-electron chi connectivity index (χ4n) is 2.76. The molecule has 2 aromatic rings. The monoisotopic (exact) mass is 263 g/mol. The third kappa shape index (κ3) is 2.03. The van der Waals surface area contributed by atoms with Gasteiger partial charge in [-0.1, -0.05) is 0 Å². The maximum absolute atomic E-state index is 13.3. The normalized spacial score (nSPS) is 18.9. The molecule has 1 fully saturated rings. The second kappa shape index (κ2) is 4.58. The van der Waals surface area contributed by atoms with Gasteiger partial charge in [0.2, 0.25) is 0 Å². The minimum Gasteiger partial charge on any atom is -0.381 e. The summed E-state index contributed by atoms with van der Waals surface area (Å²) in [5.41, 5.74) is 7.65. The molecule has 2 heterocycles. The lowest BCUT2D eigenvalue weighted by Crippen LogP contribution is -2.44. The van der Waals surface area contributed by atoms with Gasteiger partial charge in [0.1, 0.15) is 11.6 Å². The summed E-state index contributed by atoms with van der Waals surface area (Å²) in [6, 6.07) is 4.70. The fraction of sp³-hybridized carbons (Fsp3) is 0.500.